The third-order valence-corrected chi connectivity index (χ3v) is 3.72. The highest BCUT2D eigenvalue weighted by molar-refractivity contribution is 5.80. The lowest BCUT2D eigenvalue weighted by molar-refractivity contribution is -0.149. The number of amides is 1. The first kappa shape index (κ1) is 17.0. The van der Waals surface area contributed by atoms with E-state index in [-0.39, 0.29) is 36.4 Å². The fraction of sp³-hybridized carbons (Fsp3) is 0.875. The zero-order valence-corrected chi connectivity index (χ0v) is 13.3. The van der Waals surface area contributed by atoms with Crippen LogP contribution in [0.15, 0.2) is 0 Å². The normalized spacial score (nSPS) is 18.9. The minimum Gasteiger partial charge on any atom is -0.463 e. The van der Waals surface area contributed by atoms with E-state index in [1.807, 2.05) is 13.8 Å². The van der Waals surface area contributed by atoms with Gasteiger partial charge in [0, 0.05) is 12.0 Å². The molecule has 1 saturated carbocycles. The van der Waals surface area contributed by atoms with Crippen molar-refractivity contribution in [3.8, 4) is 0 Å². The van der Waals surface area contributed by atoms with E-state index in [1.54, 1.807) is 0 Å². The van der Waals surface area contributed by atoms with E-state index in [0.29, 0.717) is 5.92 Å². The number of ether oxygens (including phenoxy) is 1. The van der Waals surface area contributed by atoms with E-state index < -0.39 is 0 Å². The summed E-state index contributed by atoms with van der Waals surface area (Å²) < 4.78 is 5.35. The smallest absolute Gasteiger partial charge is 0.308 e. The summed E-state index contributed by atoms with van der Waals surface area (Å²) in [5, 5.41) is 2.93. The number of carbonyl (C=O) groups is 2. The highest BCUT2D eigenvalue weighted by Gasteiger charge is 2.24. The van der Waals surface area contributed by atoms with Crippen molar-refractivity contribution in [1.29, 1.82) is 0 Å². The van der Waals surface area contributed by atoms with Crippen LogP contribution in [0.5, 0.6) is 0 Å². The third kappa shape index (κ3) is 6.40. The topological polar surface area (TPSA) is 55.4 Å². The second kappa shape index (κ2) is 8.28. The molecular weight excluding hydrogens is 254 g/mol. The maximum atomic E-state index is 11.9. The third-order valence-electron chi connectivity index (χ3n) is 3.72. The molecule has 1 aliphatic rings. The van der Waals surface area contributed by atoms with Gasteiger partial charge in [0.2, 0.25) is 5.91 Å². The van der Waals surface area contributed by atoms with Crippen LogP contribution >= 0.6 is 0 Å². The van der Waals surface area contributed by atoms with Crippen molar-refractivity contribution < 1.29 is 14.3 Å². The van der Waals surface area contributed by atoms with E-state index in [2.05, 4.69) is 19.2 Å². The number of rotatable bonds is 7. The van der Waals surface area contributed by atoms with Gasteiger partial charge >= 0.3 is 5.97 Å². The van der Waals surface area contributed by atoms with Gasteiger partial charge in [0.15, 0.2) is 0 Å². The largest absolute Gasteiger partial charge is 0.463 e. The second-order valence-electron chi connectivity index (χ2n) is 6.53. The van der Waals surface area contributed by atoms with E-state index in [4.69, 9.17) is 4.74 Å². The summed E-state index contributed by atoms with van der Waals surface area (Å²) in [6.45, 7) is 7.99. The Morgan fingerprint density at radius 3 is 2.30 bits per heavy atom. The Labute approximate surface area is 122 Å². The first-order valence-electron chi connectivity index (χ1n) is 7.88. The van der Waals surface area contributed by atoms with Crippen LogP contribution in [-0.4, -0.2) is 24.0 Å². The first-order valence-corrected chi connectivity index (χ1v) is 7.88. The number of hydrogen-bond acceptors (Lipinski definition) is 3. The highest BCUT2D eigenvalue weighted by Crippen LogP contribution is 2.24. The van der Waals surface area contributed by atoms with Gasteiger partial charge in [0.25, 0.3) is 0 Å². The van der Waals surface area contributed by atoms with Crippen LogP contribution < -0.4 is 5.32 Å². The van der Waals surface area contributed by atoms with Gasteiger partial charge in [-0.2, -0.15) is 0 Å². The average molecular weight is 283 g/mol. The highest BCUT2D eigenvalue weighted by atomic mass is 16.5. The van der Waals surface area contributed by atoms with Crippen LogP contribution in [0.4, 0.5) is 0 Å². The molecule has 0 saturated heterocycles. The van der Waals surface area contributed by atoms with Crippen LogP contribution in [0.3, 0.4) is 0 Å². The minimum atomic E-state index is -0.225. The number of carbonyl (C=O) groups excluding carboxylic acids is 2. The first-order chi connectivity index (χ1) is 9.38. The molecule has 4 nitrogen and oxygen atoms in total. The maximum absolute atomic E-state index is 11.9. The van der Waals surface area contributed by atoms with Crippen LogP contribution in [0.1, 0.15) is 66.2 Å². The van der Waals surface area contributed by atoms with Gasteiger partial charge in [-0.1, -0.05) is 26.7 Å². The van der Waals surface area contributed by atoms with Crippen molar-refractivity contribution in [2.45, 2.75) is 78.4 Å². The van der Waals surface area contributed by atoms with Crippen molar-refractivity contribution in [2.24, 2.45) is 11.8 Å². The lowest BCUT2D eigenvalue weighted by atomic mass is 10.1. The molecule has 0 bridgehead atoms. The lowest BCUT2D eigenvalue weighted by Crippen LogP contribution is -2.38. The van der Waals surface area contributed by atoms with Gasteiger partial charge < -0.3 is 10.1 Å². The van der Waals surface area contributed by atoms with E-state index in [1.165, 1.54) is 0 Å². The molecule has 20 heavy (non-hydrogen) atoms. The summed E-state index contributed by atoms with van der Waals surface area (Å²) in [6, 6.07) is -0.151. The Kier molecular flexibility index (Phi) is 7.03. The SMILES string of the molecule is CC(C)CC(C)OC(=O)CC(C)NC(=O)C1CCCC1. The lowest BCUT2D eigenvalue weighted by Gasteiger charge is -2.19. The van der Waals surface area contributed by atoms with Crippen molar-refractivity contribution in [3.63, 3.8) is 0 Å². The Bertz CT molecular complexity index is 322. The van der Waals surface area contributed by atoms with Crippen LogP contribution in [-0.2, 0) is 14.3 Å². The molecule has 0 spiro atoms. The molecule has 1 N–H and O–H groups in total. The second-order valence-corrected chi connectivity index (χ2v) is 6.53. The predicted octanol–water partition coefficient (Wildman–Crippen LogP) is 3.05. The Morgan fingerprint density at radius 2 is 1.75 bits per heavy atom. The number of hydrogen-bond donors (Lipinski definition) is 1. The molecule has 1 rings (SSSR count). The van der Waals surface area contributed by atoms with Gasteiger partial charge in [-0.15, -0.1) is 0 Å². The Morgan fingerprint density at radius 1 is 1.15 bits per heavy atom. The monoisotopic (exact) mass is 283 g/mol. The van der Waals surface area contributed by atoms with E-state index in [0.717, 1.165) is 32.1 Å². The molecule has 1 amide bonds. The zero-order valence-electron chi connectivity index (χ0n) is 13.3. The van der Waals surface area contributed by atoms with E-state index >= 15 is 0 Å². The van der Waals surface area contributed by atoms with Crippen LogP contribution in [0.25, 0.3) is 0 Å². The van der Waals surface area contributed by atoms with Crippen molar-refractivity contribution in [1.82, 2.24) is 5.32 Å². The standard InChI is InChI=1S/C16H29NO3/c1-11(2)9-13(4)20-15(18)10-12(3)17-16(19)14-7-5-6-8-14/h11-14H,5-10H2,1-4H3,(H,17,19). The molecule has 0 aromatic rings. The molecule has 2 unspecified atom stereocenters. The summed E-state index contributed by atoms with van der Waals surface area (Å²) in [7, 11) is 0. The van der Waals surface area contributed by atoms with Crippen molar-refractivity contribution >= 4 is 11.9 Å². The van der Waals surface area contributed by atoms with E-state index in [9.17, 15) is 9.59 Å². The minimum absolute atomic E-state index is 0.0553. The fourth-order valence-corrected chi connectivity index (χ4v) is 2.83. The van der Waals surface area contributed by atoms with Gasteiger partial charge in [-0.05, 0) is 39.0 Å². The maximum Gasteiger partial charge on any atom is 0.308 e. The van der Waals surface area contributed by atoms with Crippen LogP contribution in [0.2, 0.25) is 0 Å². The number of nitrogens with one attached hydrogen (secondary N) is 1. The molecule has 0 aromatic carbocycles. The van der Waals surface area contributed by atoms with Crippen molar-refractivity contribution in [2.75, 3.05) is 0 Å². The van der Waals surface area contributed by atoms with Gasteiger partial charge in [0.05, 0.1) is 12.5 Å². The number of esters is 1. The summed E-state index contributed by atoms with van der Waals surface area (Å²) in [5.74, 6) is 0.529. The summed E-state index contributed by atoms with van der Waals surface area (Å²) in [6.07, 6.45) is 5.31. The molecule has 0 aliphatic heterocycles. The Balaban J connectivity index is 2.25. The molecule has 1 aliphatic carbocycles. The Hall–Kier alpha value is -1.06. The molecule has 116 valence electrons. The van der Waals surface area contributed by atoms with Gasteiger partial charge in [-0.3, -0.25) is 9.59 Å². The quantitative estimate of drug-likeness (QED) is 0.731. The molecule has 0 radical (unpaired) electrons. The molecule has 2 atom stereocenters. The average Bonchev–Trinajstić information content (AvgIpc) is 2.79. The summed E-state index contributed by atoms with van der Waals surface area (Å²) >= 11 is 0. The van der Waals surface area contributed by atoms with Crippen LogP contribution in [0, 0.1) is 11.8 Å². The molecular formula is C16H29NO3. The summed E-state index contributed by atoms with van der Waals surface area (Å²) in [5.41, 5.74) is 0. The zero-order chi connectivity index (χ0) is 15.1. The van der Waals surface area contributed by atoms with Gasteiger partial charge in [-0.25, -0.2) is 0 Å². The van der Waals surface area contributed by atoms with Crippen molar-refractivity contribution in [3.05, 3.63) is 0 Å². The van der Waals surface area contributed by atoms with Gasteiger partial charge in [0.1, 0.15) is 0 Å². The molecule has 4 heteroatoms. The molecule has 0 heterocycles. The molecule has 0 aromatic heterocycles. The predicted molar refractivity (Wildman–Crippen MR) is 79.2 cm³/mol. The fourth-order valence-electron chi connectivity index (χ4n) is 2.83. The summed E-state index contributed by atoms with van der Waals surface area (Å²) in [4.78, 5) is 23.7. The molecule has 1 fully saturated rings.